The number of nitrogens with one attached hydrogen (secondary N) is 2. The number of hydrogen-bond donors (Lipinski definition) is 2. The summed E-state index contributed by atoms with van der Waals surface area (Å²) < 4.78 is 18.4. The van der Waals surface area contributed by atoms with Gasteiger partial charge in [0.1, 0.15) is 12.4 Å². The van der Waals surface area contributed by atoms with Gasteiger partial charge in [-0.1, -0.05) is 0 Å². The number of anilines is 1. The number of halogens is 1. The topological polar surface area (TPSA) is 70.7 Å². The van der Waals surface area contributed by atoms with E-state index in [4.69, 9.17) is 4.74 Å². The molecule has 1 aliphatic heterocycles. The van der Waals surface area contributed by atoms with E-state index < -0.39 is 0 Å². The number of benzene rings is 1. The molecule has 0 aromatic heterocycles. The van der Waals surface area contributed by atoms with E-state index in [0.29, 0.717) is 12.2 Å². The van der Waals surface area contributed by atoms with Crippen molar-refractivity contribution in [1.29, 1.82) is 0 Å². The van der Waals surface area contributed by atoms with Gasteiger partial charge in [0, 0.05) is 24.9 Å². The van der Waals surface area contributed by atoms with E-state index in [0.717, 1.165) is 19.4 Å². The van der Waals surface area contributed by atoms with Crippen LogP contribution in [0.2, 0.25) is 0 Å². The van der Waals surface area contributed by atoms with Crippen molar-refractivity contribution in [2.75, 3.05) is 31.6 Å². The Labute approximate surface area is 147 Å². The van der Waals surface area contributed by atoms with E-state index >= 15 is 0 Å². The molecule has 1 aromatic rings. The summed E-state index contributed by atoms with van der Waals surface area (Å²) in [5, 5.41) is 5.77. The van der Waals surface area contributed by atoms with Crippen molar-refractivity contribution in [3.05, 3.63) is 30.1 Å². The Morgan fingerprint density at radius 1 is 1.32 bits per heavy atom. The van der Waals surface area contributed by atoms with E-state index in [1.165, 1.54) is 29.2 Å². The second-order valence-corrected chi connectivity index (χ2v) is 6.44. The van der Waals surface area contributed by atoms with Crippen molar-refractivity contribution in [2.24, 2.45) is 0 Å². The maximum atomic E-state index is 12.9. The first kappa shape index (κ1) is 19.3. The highest BCUT2D eigenvalue weighted by Gasteiger charge is 2.21. The largest absolute Gasteiger partial charge is 0.377 e. The van der Waals surface area contributed by atoms with Gasteiger partial charge in [0.15, 0.2) is 0 Å². The van der Waals surface area contributed by atoms with Gasteiger partial charge in [-0.3, -0.25) is 9.59 Å². The first-order valence-corrected chi connectivity index (χ1v) is 8.63. The van der Waals surface area contributed by atoms with Crippen LogP contribution in [0.3, 0.4) is 0 Å². The molecule has 1 unspecified atom stereocenters. The summed E-state index contributed by atoms with van der Waals surface area (Å²) in [6, 6.07) is 5.41. The predicted molar refractivity (Wildman–Crippen MR) is 93.7 cm³/mol. The summed E-state index contributed by atoms with van der Waals surface area (Å²) in [4.78, 5) is 26.1. The van der Waals surface area contributed by atoms with Gasteiger partial charge in [0.05, 0.1) is 12.6 Å². The third-order valence-corrected chi connectivity index (χ3v) is 4.06. The second kappa shape index (κ2) is 9.48. The van der Waals surface area contributed by atoms with E-state index in [9.17, 15) is 14.0 Å². The maximum absolute atomic E-state index is 12.9. The maximum Gasteiger partial charge on any atom is 0.244 e. The standard InChI is InChI=1S/C18H26FN3O3/c1-13(2)22(18(24)11-20-10-16-4-3-9-25-16)12-17(23)21-15-7-5-14(19)6-8-15/h5-8,13,16,20H,3-4,9-12H2,1-2H3,(H,21,23). The Hall–Kier alpha value is -1.99. The van der Waals surface area contributed by atoms with Crippen LogP contribution in [0, 0.1) is 5.82 Å². The molecule has 0 bridgehead atoms. The quantitative estimate of drug-likeness (QED) is 0.749. The van der Waals surface area contributed by atoms with Crippen molar-refractivity contribution in [2.45, 2.75) is 38.8 Å². The zero-order chi connectivity index (χ0) is 18.2. The third kappa shape index (κ3) is 6.43. The first-order chi connectivity index (χ1) is 12.0. The van der Waals surface area contributed by atoms with Crippen molar-refractivity contribution in [3.63, 3.8) is 0 Å². The predicted octanol–water partition coefficient (Wildman–Crippen LogP) is 1.77. The number of nitrogens with zero attached hydrogens (tertiary/aromatic N) is 1. The number of rotatable bonds is 8. The monoisotopic (exact) mass is 351 g/mol. The Bertz CT molecular complexity index is 571. The molecule has 138 valence electrons. The Balaban J connectivity index is 1.80. The minimum Gasteiger partial charge on any atom is -0.377 e. The molecule has 2 N–H and O–H groups in total. The first-order valence-electron chi connectivity index (χ1n) is 8.63. The lowest BCUT2D eigenvalue weighted by Crippen LogP contribution is -2.46. The van der Waals surface area contributed by atoms with E-state index in [1.54, 1.807) is 0 Å². The molecule has 25 heavy (non-hydrogen) atoms. The molecule has 7 heteroatoms. The van der Waals surface area contributed by atoms with Gasteiger partial charge in [-0.05, 0) is 51.0 Å². The fourth-order valence-corrected chi connectivity index (χ4v) is 2.69. The molecule has 1 heterocycles. The third-order valence-electron chi connectivity index (χ3n) is 4.06. The van der Waals surface area contributed by atoms with Crippen LogP contribution >= 0.6 is 0 Å². The van der Waals surface area contributed by atoms with Gasteiger partial charge in [-0.15, -0.1) is 0 Å². The highest BCUT2D eigenvalue weighted by atomic mass is 19.1. The molecular formula is C18H26FN3O3. The average Bonchev–Trinajstić information content (AvgIpc) is 3.08. The molecule has 6 nitrogen and oxygen atoms in total. The molecule has 0 spiro atoms. The van der Waals surface area contributed by atoms with Crippen LogP contribution in [0.15, 0.2) is 24.3 Å². The molecule has 1 atom stereocenters. The van der Waals surface area contributed by atoms with Gasteiger partial charge in [0.25, 0.3) is 0 Å². The second-order valence-electron chi connectivity index (χ2n) is 6.44. The number of carbonyl (C=O) groups is 2. The molecule has 1 fully saturated rings. The van der Waals surface area contributed by atoms with Crippen LogP contribution in [0.5, 0.6) is 0 Å². The summed E-state index contributed by atoms with van der Waals surface area (Å²) in [6.45, 7) is 5.27. The number of ether oxygens (including phenoxy) is 1. The molecule has 1 aliphatic rings. The Morgan fingerprint density at radius 3 is 2.64 bits per heavy atom. The van der Waals surface area contributed by atoms with E-state index in [2.05, 4.69) is 10.6 Å². The smallest absolute Gasteiger partial charge is 0.244 e. The van der Waals surface area contributed by atoms with Gasteiger partial charge in [0.2, 0.25) is 11.8 Å². The number of hydrogen-bond acceptors (Lipinski definition) is 4. The van der Waals surface area contributed by atoms with Gasteiger partial charge in [-0.25, -0.2) is 4.39 Å². The summed E-state index contributed by atoms with van der Waals surface area (Å²) in [5.41, 5.74) is 0.499. The molecule has 1 aromatic carbocycles. The lowest BCUT2D eigenvalue weighted by atomic mass is 10.2. The van der Waals surface area contributed by atoms with Crippen LogP contribution in [0.1, 0.15) is 26.7 Å². The lowest BCUT2D eigenvalue weighted by molar-refractivity contribution is -0.135. The molecular weight excluding hydrogens is 325 g/mol. The van der Waals surface area contributed by atoms with Crippen LogP contribution in [-0.2, 0) is 14.3 Å². The SMILES string of the molecule is CC(C)N(CC(=O)Nc1ccc(F)cc1)C(=O)CNCC1CCCO1. The highest BCUT2D eigenvalue weighted by Crippen LogP contribution is 2.11. The van der Waals surface area contributed by atoms with Crippen molar-refractivity contribution < 1.29 is 18.7 Å². The average molecular weight is 351 g/mol. The van der Waals surface area contributed by atoms with E-state index in [-0.39, 0.29) is 42.9 Å². The molecule has 2 amide bonds. The van der Waals surface area contributed by atoms with E-state index in [1.807, 2.05) is 13.8 Å². The molecule has 0 aliphatic carbocycles. The molecule has 2 rings (SSSR count). The summed E-state index contributed by atoms with van der Waals surface area (Å²) in [5.74, 6) is -0.815. The summed E-state index contributed by atoms with van der Waals surface area (Å²) >= 11 is 0. The minimum atomic E-state index is -0.366. The zero-order valence-electron chi connectivity index (χ0n) is 14.8. The Morgan fingerprint density at radius 2 is 2.04 bits per heavy atom. The van der Waals surface area contributed by atoms with Crippen LogP contribution in [0.4, 0.5) is 10.1 Å². The van der Waals surface area contributed by atoms with Crippen molar-refractivity contribution >= 4 is 17.5 Å². The number of amides is 2. The summed E-state index contributed by atoms with van der Waals surface area (Å²) in [7, 11) is 0. The normalized spacial score (nSPS) is 16.9. The van der Waals surface area contributed by atoms with Gasteiger partial charge >= 0.3 is 0 Å². The zero-order valence-corrected chi connectivity index (χ0v) is 14.8. The lowest BCUT2D eigenvalue weighted by Gasteiger charge is -2.26. The fraction of sp³-hybridized carbons (Fsp3) is 0.556. The van der Waals surface area contributed by atoms with Crippen LogP contribution < -0.4 is 10.6 Å². The molecule has 0 radical (unpaired) electrons. The minimum absolute atomic E-state index is 0.0461. The fourth-order valence-electron chi connectivity index (χ4n) is 2.69. The van der Waals surface area contributed by atoms with Crippen molar-refractivity contribution in [1.82, 2.24) is 10.2 Å². The van der Waals surface area contributed by atoms with Crippen LogP contribution in [0.25, 0.3) is 0 Å². The van der Waals surface area contributed by atoms with Crippen molar-refractivity contribution in [3.8, 4) is 0 Å². The summed E-state index contributed by atoms with van der Waals surface area (Å²) in [6.07, 6.45) is 2.24. The molecule has 0 saturated carbocycles. The molecule has 1 saturated heterocycles. The van der Waals surface area contributed by atoms with Gasteiger partial charge < -0.3 is 20.3 Å². The number of carbonyl (C=O) groups excluding carboxylic acids is 2. The highest BCUT2D eigenvalue weighted by molar-refractivity contribution is 5.94. The Kier molecular flexibility index (Phi) is 7.33. The van der Waals surface area contributed by atoms with Gasteiger partial charge in [-0.2, -0.15) is 0 Å². The van der Waals surface area contributed by atoms with Crippen LogP contribution in [-0.4, -0.2) is 55.1 Å².